The second-order valence-electron chi connectivity index (χ2n) is 5.44. The molecule has 1 nitrogen and oxygen atoms in total. The maximum atomic E-state index is 6.13. The minimum Gasteiger partial charge on any atom is -0.324 e. The standard InChI is InChI=1S/C16H23N/c1-5-6-7-8-15(17)13-9-11-14(12-10-13)16(2,3)4/h9-12,15H,7-8,17H2,1-4H3. The summed E-state index contributed by atoms with van der Waals surface area (Å²) in [6, 6.07) is 8.75. The van der Waals surface area contributed by atoms with Crippen molar-refractivity contribution in [2.75, 3.05) is 0 Å². The minimum atomic E-state index is 0.102. The maximum absolute atomic E-state index is 6.13. The van der Waals surface area contributed by atoms with Crippen molar-refractivity contribution in [2.45, 2.75) is 52.0 Å². The van der Waals surface area contributed by atoms with Crippen LogP contribution in [0.15, 0.2) is 24.3 Å². The van der Waals surface area contributed by atoms with E-state index in [9.17, 15) is 0 Å². The third kappa shape index (κ3) is 4.24. The van der Waals surface area contributed by atoms with Gasteiger partial charge >= 0.3 is 0 Å². The van der Waals surface area contributed by atoms with Gasteiger partial charge < -0.3 is 5.73 Å². The first-order chi connectivity index (χ1) is 7.95. The van der Waals surface area contributed by atoms with Crippen LogP contribution in [0.1, 0.15) is 57.7 Å². The first-order valence-corrected chi connectivity index (χ1v) is 6.21. The lowest BCUT2D eigenvalue weighted by Gasteiger charge is -2.20. The Balaban J connectivity index is 2.69. The molecule has 1 aromatic rings. The fourth-order valence-electron chi connectivity index (χ4n) is 1.75. The van der Waals surface area contributed by atoms with Crippen LogP contribution in [0.3, 0.4) is 0 Å². The average molecular weight is 229 g/mol. The van der Waals surface area contributed by atoms with Crippen LogP contribution in [0, 0.1) is 11.8 Å². The quantitative estimate of drug-likeness (QED) is 0.784. The lowest BCUT2D eigenvalue weighted by atomic mass is 9.86. The zero-order valence-electron chi connectivity index (χ0n) is 11.4. The summed E-state index contributed by atoms with van der Waals surface area (Å²) in [7, 11) is 0. The van der Waals surface area contributed by atoms with E-state index in [1.54, 1.807) is 0 Å². The van der Waals surface area contributed by atoms with Crippen LogP contribution in [0.25, 0.3) is 0 Å². The van der Waals surface area contributed by atoms with E-state index in [1.165, 1.54) is 11.1 Å². The summed E-state index contributed by atoms with van der Waals surface area (Å²) in [4.78, 5) is 0. The molecule has 0 spiro atoms. The molecule has 2 N–H and O–H groups in total. The third-order valence-corrected chi connectivity index (χ3v) is 2.96. The van der Waals surface area contributed by atoms with Crippen molar-refractivity contribution >= 4 is 0 Å². The first kappa shape index (κ1) is 13.8. The van der Waals surface area contributed by atoms with E-state index in [-0.39, 0.29) is 11.5 Å². The van der Waals surface area contributed by atoms with Crippen molar-refractivity contribution in [2.24, 2.45) is 5.73 Å². The van der Waals surface area contributed by atoms with Gasteiger partial charge in [0.1, 0.15) is 0 Å². The maximum Gasteiger partial charge on any atom is 0.0303 e. The van der Waals surface area contributed by atoms with Gasteiger partial charge in [0.15, 0.2) is 0 Å². The second-order valence-corrected chi connectivity index (χ2v) is 5.44. The number of benzene rings is 1. The second kappa shape index (κ2) is 5.89. The van der Waals surface area contributed by atoms with Crippen LogP contribution in [-0.2, 0) is 5.41 Å². The molecule has 17 heavy (non-hydrogen) atoms. The normalized spacial score (nSPS) is 12.8. The molecule has 0 heterocycles. The Hall–Kier alpha value is -1.26. The molecule has 1 rings (SSSR count). The largest absolute Gasteiger partial charge is 0.324 e. The zero-order valence-corrected chi connectivity index (χ0v) is 11.4. The smallest absolute Gasteiger partial charge is 0.0303 e. The van der Waals surface area contributed by atoms with Gasteiger partial charge in [-0.3, -0.25) is 0 Å². The number of hydrogen-bond acceptors (Lipinski definition) is 1. The number of rotatable bonds is 3. The zero-order chi connectivity index (χ0) is 12.9. The molecule has 0 fully saturated rings. The summed E-state index contributed by atoms with van der Waals surface area (Å²) in [5.41, 5.74) is 8.89. The Labute approximate surface area is 105 Å². The van der Waals surface area contributed by atoms with Crippen LogP contribution < -0.4 is 5.73 Å². The Kier molecular flexibility index (Phi) is 4.78. The summed E-state index contributed by atoms with van der Waals surface area (Å²) in [5, 5.41) is 0. The van der Waals surface area contributed by atoms with Crippen LogP contribution in [0.4, 0.5) is 0 Å². The predicted molar refractivity (Wildman–Crippen MR) is 74.8 cm³/mol. The Morgan fingerprint density at radius 2 is 1.76 bits per heavy atom. The Morgan fingerprint density at radius 3 is 2.24 bits per heavy atom. The van der Waals surface area contributed by atoms with E-state index >= 15 is 0 Å². The molecular formula is C16H23N. The molecule has 1 unspecified atom stereocenters. The summed E-state index contributed by atoms with van der Waals surface area (Å²) < 4.78 is 0. The lowest BCUT2D eigenvalue weighted by Crippen LogP contribution is -2.13. The Morgan fingerprint density at radius 1 is 1.18 bits per heavy atom. The molecule has 1 aromatic carbocycles. The van der Waals surface area contributed by atoms with E-state index in [1.807, 2.05) is 6.92 Å². The molecule has 1 heteroatoms. The monoisotopic (exact) mass is 229 g/mol. The van der Waals surface area contributed by atoms with Crippen molar-refractivity contribution in [3.8, 4) is 11.8 Å². The average Bonchev–Trinajstić information content (AvgIpc) is 2.28. The molecule has 92 valence electrons. The fraction of sp³-hybridized carbons (Fsp3) is 0.500. The summed E-state index contributed by atoms with van der Waals surface area (Å²) in [5.74, 6) is 5.95. The van der Waals surface area contributed by atoms with Gasteiger partial charge in [0.05, 0.1) is 0 Å². The molecule has 1 atom stereocenters. The summed E-state index contributed by atoms with van der Waals surface area (Å²) in [6.07, 6.45) is 1.80. The highest BCUT2D eigenvalue weighted by Gasteiger charge is 2.13. The van der Waals surface area contributed by atoms with Gasteiger partial charge in [0.25, 0.3) is 0 Å². The number of nitrogens with two attached hydrogens (primary N) is 1. The van der Waals surface area contributed by atoms with Gasteiger partial charge in [-0.2, -0.15) is 0 Å². The van der Waals surface area contributed by atoms with Gasteiger partial charge in [-0.25, -0.2) is 0 Å². The highest BCUT2D eigenvalue weighted by molar-refractivity contribution is 5.29. The van der Waals surface area contributed by atoms with Crippen molar-refractivity contribution in [3.05, 3.63) is 35.4 Å². The van der Waals surface area contributed by atoms with E-state index in [4.69, 9.17) is 5.73 Å². The van der Waals surface area contributed by atoms with Gasteiger partial charge in [0.2, 0.25) is 0 Å². The van der Waals surface area contributed by atoms with Gasteiger partial charge in [-0.15, -0.1) is 11.8 Å². The molecule has 0 aliphatic rings. The topological polar surface area (TPSA) is 26.0 Å². The molecule has 0 saturated carbocycles. The third-order valence-electron chi connectivity index (χ3n) is 2.96. The van der Waals surface area contributed by atoms with Crippen molar-refractivity contribution < 1.29 is 0 Å². The number of hydrogen-bond donors (Lipinski definition) is 1. The minimum absolute atomic E-state index is 0.102. The van der Waals surface area contributed by atoms with E-state index in [0.29, 0.717) is 0 Å². The van der Waals surface area contributed by atoms with Crippen molar-refractivity contribution in [1.82, 2.24) is 0 Å². The molecule has 0 radical (unpaired) electrons. The molecule has 0 aromatic heterocycles. The Bertz CT molecular complexity index is 398. The molecular weight excluding hydrogens is 206 g/mol. The molecule has 0 bridgehead atoms. The van der Waals surface area contributed by atoms with Crippen LogP contribution in [0.5, 0.6) is 0 Å². The van der Waals surface area contributed by atoms with Gasteiger partial charge in [0, 0.05) is 12.5 Å². The van der Waals surface area contributed by atoms with Crippen molar-refractivity contribution in [1.29, 1.82) is 0 Å². The summed E-state index contributed by atoms with van der Waals surface area (Å²) >= 11 is 0. The van der Waals surface area contributed by atoms with E-state index < -0.39 is 0 Å². The fourth-order valence-corrected chi connectivity index (χ4v) is 1.75. The van der Waals surface area contributed by atoms with Crippen LogP contribution >= 0.6 is 0 Å². The molecule has 0 saturated heterocycles. The highest BCUT2D eigenvalue weighted by Crippen LogP contribution is 2.24. The van der Waals surface area contributed by atoms with E-state index in [0.717, 1.165) is 12.8 Å². The van der Waals surface area contributed by atoms with Crippen LogP contribution in [0.2, 0.25) is 0 Å². The van der Waals surface area contributed by atoms with Crippen LogP contribution in [-0.4, -0.2) is 0 Å². The summed E-state index contributed by atoms with van der Waals surface area (Å²) in [6.45, 7) is 8.53. The predicted octanol–water partition coefficient (Wildman–Crippen LogP) is 3.79. The lowest BCUT2D eigenvalue weighted by molar-refractivity contribution is 0.588. The highest BCUT2D eigenvalue weighted by atomic mass is 14.6. The van der Waals surface area contributed by atoms with Gasteiger partial charge in [-0.05, 0) is 29.9 Å². The first-order valence-electron chi connectivity index (χ1n) is 6.21. The van der Waals surface area contributed by atoms with Gasteiger partial charge in [-0.1, -0.05) is 45.0 Å². The molecule has 0 aliphatic heterocycles. The van der Waals surface area contributed by atoms with E-state index in [2.05, 4.69) is 56.9 Å². The SMILES string of the molecule is CC#CCCC(N)c1ccc(C(C)(C)C)cc1. The molecule has 0 aliphatic carbocycles. The van der Waals surface area contributed by atoms with Crippen molar-refractivity contribution in [3.63, 3.8) is 0 Å². The molecule has 0 amide bonds.